The van der Waals surface area contributed by atoms with Crippen molar-refractivity contribution >= 4 is 11.6 Å². The lowest BCUT2D eigenvalue weighted by atomic mass is 10.1. The van der Waals surface area contributed by atoms with Crippen molar-refractivity contribution in [1.29, 1.82) is 0 Å². The van der Waals surface area contributed by atoms with Crippen molar-refractivity contribution in [3.8, 4) is 5.75 Å². The SMILES string of the molecule is COCC(C)(C)NC(=O)c1cc(N)ccc1OC. The molecule has 3 N–H and O–H groups in total. The highest BCUT2D eigenvalue weighted by atomic mass is 16.5. The number of amides is 1. The van der Waals surface area contributed by atoms with Gasteiger partial charge in [-0.2, -0.15) is 0 Å². The Hall–Kier alpha value is -1.75. The van der Waals surface area contributed by atoms with Gasteiger partial charge in [-0.3, -0.25) is 4.79 Å². The van der Waals surface area contributed by atoms with E-state index in [0.717, 1.165) is 0 Å². The van der Waals surface area contributed by atoms with Crippen LogP contribution in [-0.4, -0.2) is 32.3 Å². The molecule has 0 unspecified atom stereocenters. The molecule has 0 spiro atoms. The van der Waals surface area contributed by atoms with E-state index in [1.807, 2.05) is 13.8 Å². The van der Waals surface area contributed by atoms with E-state index >= 15 is 0 Å². The molecule has 18 heavy (non-hydrogen) atoms. The summed E-state index contributed by atoms with van der Waals surface area (Å²) in [5.74, 6) is 0.260. The molecular weight excluding hydrogens is 232 g/mol. The summed E-state index contributed by atoms with van der Waals surface area (Å²) in [5, 5.41) is 2.88. The molecule has 0 bridgehead atoms. The first kappa shape index (κ1) is 14.3. The van der Waals surface area contributed by atoms with Gasteiger partial charge in [0.25, 0.3) is 5.91 Å². The van der Waals surface area contributed by atoms with Crippen LogP contribution in [0.4, 0.5) is 5.69 Å². The maximum atomic E-state index is 12.2. The smallest absolute Gasteiger partial charge is 0.255 e. The van der Waals surface area contributed by atoms with E-state index in [9.17, 15) is 4.79 Å². The van der Waals surface area contributed by atoms with Gasteiger partial charge in [0, 0.05) is 12.8 Å². The maximum Gasteiger partial charge on any atom is 0.255 e. The highest BCUT2D eigenvalue weighted by Crippen LogP contribution is 2.21. The molecule has 5 heteroatoms. The summed E-state index contributed by atoms with van der Waals surface area (Å²) in [6.45, 7) is 4.18. The number of ether oxygens (including phenoxy) is 2. The number of nitrogens with one attached hydrogen (secondary N) is 1. The normalized spacial score (nSPS) is 11.1. The minimum absolute atomic E-state index is 0.235. The first-order valence-corrected chi connectivity index (χ1v) is 5.64. The summed E-state index contributed by atoms with van der Waals surface area (Å²) in [4.78, 5) is 12.2. The molecule has 5 nitrogen and oxygen atoms in total. The minimum atomic E-state index is -0.457. The summed E-state index contributed by atoms with van der Waals surface area (Å²) >= 11 is 0. The third-order valence-corrected chi connectivity index (χ3v) is 2.43. The molecule has 0 heterocycles. The average molecular weight is 252 g/mol. The lowest BCUT2D eigenvalue weighted by Gasteiger charge is -2.25. The van der Waals surface area contributed by atoms with Gasteiger partial charge >= 0.3 is 0 Å². The average Bonchev–Trinajstić information content (AvgIpc) is 2.28. The van der Waals surface area contributed by atoms with Crippen LogP contribution in [0, 0.1) is 0 Å². The van der Waals surface area contributed by atoms with Crippen LogP contribution in [0.1, 0.15) is 24.2 Å². The number of benzene rings is 1. The van der Waals surface area contributed by atoms with Crippen molar-refractivity contribution < 1.29 is 14.3 Å². The second kappa shape index (κ2) is 5.73. The Morgan fingerprint density at radius 2 is 2.06 bits per heavy atom. The summed E-state index contributed by atoms with van der Waals surface area (Å²) in [7, 11) is 3.11. The summed E-state index contributed by atoms with van der Waals surface area (Å²) in [5.41, 5.74) is 6.16. The van der Waals surface area contributed by atoms with Crippen molar-refractivity contribution in [2.75, 3.05) is 26.6 Å². The van der Waals surface area contributed by atoms with Gasteiger partial charge in [0.05, 0.1) is 24.8 Å². The number of nitrogens with two attached hydrogens (primary N) is 1. The van der Waals surface area contributed by atoms with E-state index in [1.165, 1.54) is 7.11 Å². The van der Waals surface area contributed by atoms with Gasteiger partial charge in [-0.15, -0.1) is 0 Å². The van der Waals surface area contributed by atoms with E-state index in [0.29, 0.717) is 23.6 Å². The first-order chi connectivity index (χ1) is 8.39. The second-order valence-electron chi connectivity index (χ2n) is 4.73. The van der Waals surface area contributed by atoms with Crippen LogP contribution in [0.2, 0.25) is 0 Å². The molecular formula is C13H20N2O3. The van der Waals surface area contributed by atoms with Crippen LogP contribution in [0.3, 0.4) is 0 Å². The zero-order valence-corrected chi connectivity index (χ0v) is 11.2. The standard InChI is InChI=1S/C13H20N2O3/c1-13(2,8-17-3)15-12(16)10-7-9(14)5-6-11(10)18-4/h5-7H,8,14H2,1-4H3,(H,15,16). The molecule has 0 saturated carbocycles. The van der Waals surface area contributed by atoms with Crippen LogP contribution in [0.25, 0.3) is 0 Å². The third kappa shape index (κ3) is 3.63. The Balaban J connectivity index is 2.93. The Labute approximate surface area is 107 Å². The van der Waals surface area contributed by atoms with E-state index in [-0.39, 0.29) is 5.91 Å². The van der Waals surface area contributed by atoms with Crippen molar-refractivity contribution in [1.82, 2.24) is 5.32 Å². The van der Waals surface area contributed by atoms with E-state index in [2.05, 4.69) is 5.32 Å². The van der Waals surface area contributed by atoms with Crippen molar-refractivity contribution in [2.24, 2.45) is 0 Å². The van der Waals surface area contributed by atoms with Crippen molar-refractivity contribution in [3.63, 3.8) is 0 Å². The van der Waals surface area contributed by atoms with Gasteiger partial charge in [0.15, 0.2) is 0 Å². The summed E-state index contributed by atoms with van der Waals surface area (Å²) in [6, 6.07) is 4.96. The number of anilines is 1. The maximum absolute atomic E-state index is 12.2. The van der Waals surface area contributed by atoms with Gasteiger partial charge in [0.1, 0.15) is 5.75 Å². The molecule has 0 atom stereocenters. The number of hydrogen-bond acceptors (Lipinski definition) is 4. The first-order valence-electron chi connectivity index (χ1n) is 5.64. The summed E-state index contributed by atoms with van der Waals surface area (Å²) < 4.78 is 10.2. The number of carbonyl (C=O) groups is 1. The molecule has 0 fully saturated rings. The Morgan fingerprint density at radius 3 is 2.61 bits per heavy atom. The molecule has 1 aromatic carbocycles. The fourth-order valence-corrected chi connectivity index (χ4v) is 1.67. The zero-order valence-electron chi connectivity index (χ0n) is 11.2. The quantitative estimate of drug-likeness (QED) is 0.777. The number of hydrogen-bond donors (Lipinski definition) is 2. The van der Waals surface area contributed by atoms with Crippen LogP contribution in [0.5, 0.6) is 5.75 Å². The zero-order chi connectivity index (χ0) is 13.8. The molecule has 0 aliphatic rings. The summed E-state index contributed by atoms with van der Waals surface area (Å²) in [6.07, 6.45) is 0. The molecule has 0 radical (unpaired) electrons. The van der Waals surface area contributed by atoms with Gasteiger partial charge in [0.2, 0.25) is 0 Å². The van der Waals surface area contributed by atoms with Crippen molar-refractivity contribution in [3.05, 3.63) is 23.8 Å². The molecule has 0 aromatic heterocycles. The molecule has 0 aliphatic carbocycles. The number of carbonyl (C=O) groups excluding carboxylic acids is 1. The minimum Gasteiger partial charge on any atom is -0.496 e. The molecule has 100 valence electrons. The predicted molar refractivity (Wildman–Crippen MR) is 70.8 cm³/mol. The predicted octanol–water partition coefficient (Wildman–Crippen LogP) is 1.43. The lowest BCUT2D eigenvalue weighted by Crippen LogP contribution is -2.46. The van der Waals surface area contributed by atoms with E-state index < -0.39 is 5.54 Å². The van der Waals surface area contributed by atoms with Crippen LogP contribution in [0.15, 0.2) is 18.2 Å². The van der Waals surface area contributed by atoms with Crippen LogP contribution >= 0.6 is 0 Å². The number of rotatable bonds is 5. The highest BCUT2D eigenvalue weighted by Gasteiger charge is 2.23. The molecule has 0 saturated heterocycles. The van der Waals surface area contributed by atoms with E-state index in [1.54, 1.807) is 25.3 Å². The molecule has 1 aromatic rings. The van der Waals surface area contributed by atoms with Gasteiger partial charge in [-0.05, 0) is 32.0 Å². The van der Waals surface area contributed by atoms with E-state index in [4.69, 9.17) is 15.2 Å². The topological polar surface area (TPSA) is 73.6 Å². The van der Waals surface area contributed by atoms with Crippen molar-refractivity contribution in [2.45, 2.75) is 19.4 Å². The van der Waals surface area contributed by atoms with Crippen LogP contribution < -0.4 is 15.8 Å². The monoisotopic (exact) mass is 252 g/mol. The number of nitrogen functional groups attached to an aromatic ring is 1. The largest absolute Gasteiger partial charge is 0.496 e. The number of methoxy groups -OCH3 is 2. The van der Waals surface area contributed by atoms with Crippen LogP contribution in [-0.2, 0) is 4.74 Å². The van der Waals surface area contributed by atoms with Gasteiger partial charge in [-0.25, -0.2) is 0 Å². The fraction of sp³-hybridized carbons (Fsp3) is 0.462. The Bertz CT molecular complexity index is 430. The Morgan fingerprint density at radius 1 is 1.39 bits per heavy atom. The second-order valence-corrected chi connectivity index (χ2v) is 4.73. The highest BCUT2D eigenvalue weighted by molar-refractivity contribution is 5.98. The van der Waals surface area contributed by atoms with Gasteiger partial charge in [-0.1, -0.05) is 0 Å². The molecule has 1 amide bonds. The molecule has 1 rings (SSSR count). The Kier molecular flexibility index (Phi) is 4.55. The third-order valence-electron chi connectivity index (χ3n) is 2.43. The van der Waals surface area contributed by atoms with Gasteiger partial charge < -0.3 is 20.5 Å². The molecule has 0 aliphatic heterocycles. The lowest BCUT2D eigenvalue weighted by molar-refractivity contribution is 0.0817. The fourth-order valence-electron chi connectivity index (χ4n) is 1.67.